The summed E-state index contributed by atoms with van der Waals surface area (Å²) in [5.41, 5.74) is 1.56. The van der Waals surface area contributed by atoms with Crippen LogP contribution in [0.4, 0.5) is 0 Å². The van der Waals surface area contributed by atoms with Crippen LogP contribution in [0.5, 0.6) is 0 Å². The molecular weight excluding hydrogens is 380 g/mol. The molecule has 4 aromatic rings. The standard InChI is InChI=1S/C18H16N6O5/c1-8-12(17(26)28-3)15(21-20-8)23-6-5-11-10(16(23)25)7-19-14-13(18(27)29-4)9(2)22-24(11)14/h5-7H,1-4H3,(H,20,21). The van der Waals surface area contributed by atoms with E-state index in [-0.39, 0.29) is 28.0 Å². The molecule has 4 rings (SSSR count). The fraction of sp³-hybridized carbons (Fsp3) is 0.222. The number of aryl methyl sites for hydroxylation is 2. The van der Waals surface area contributed by atoms with Crippen LogP contribution in [0.25, 0.3) is 22.4 Å². The van der Waals surface area contributed by atoms with Crippen molar-refractivity contribution in [3.05, 3.63) is 51.3 Å². The van der Waals surface area contributed by atoms with Gasteiger partial charge < -0.3 is 9.47 Å². The Kier molecular flexibility index (Phi) is 4.14. The van der Waals surface area contributed by atoms with Gasteiger partial charge in [-0.3, -0.25) is 14.5 Å². The lowest BCUT2D eigenvalue weighted by atomic mass is 10.2. The van der Waals surface area contributed by atoms with Crippen LogP contribution in [-0.2, 0) is 9.47 Å². The molecule has 0 amide bonds. The molecule has 148 valence electrons. The average molecular weight is 396 g/mol. The molecule has 0 aliphatic heterocycles. The summed E-state index contributed by atoms with van der Waals surface area (Å²) >= 11 is 0. The lowest BCUT2D eigenvalue weighted by molar-refractivity contribution is 0.0591. The second-order valence-electron chi connectivity index (χ2n) is 6.27. The second-order valence-corrected chi connectivity index (χ2v) is 6.27. The van der Waals surface area contributed by atoms with Crippen molar-refractivity contribution >= 4 is 28.5 Å². The number of H-pyrrole nitrogens is 1. The SMILES string of the molecule is COC(=O)c1c(-n2ccc3c(cnc4c(C(=O)OC)c(C)nn43)c2=O)n[nH]c1C. The Labute approximate surface area is 162 Å². The molecule has 0 unspecified atom stereocenters. The zero-order valence-corrected chi connectivity index (χ0v) is 16.0. The van der Waals surface area contributed by atoms with Gasteiger partial charge in [-0.05, 0) is 19.9 Å². The number of carbonyl (C=O) groups excluding carboxylic acids is 2. The highest BCUT2D eigenvalue weighted by Crippen LogP contribution is 2.20. The fourth-order valence-corrected chi connectivity index (χ4v) is 3.22. The predicted octanol–water partition coefficient (Wildman–Crippen LogP) is 0.947. The van der Waals surface area contributed by atoms with Crippen molar-refractivity contribution in [3.63, 3.8) is 0 Å². The van der Waals surface area contributed by atoms with E-state index in [0.29, 0.717) is 16.9 Å². The van der Waals surface area contributed by atoms with Crippen LogP contribution in [0.1, 0.15) is 32.1 Å². The Morgan fingerprint density at radius 1 is 1.10 bits per heavy atom. The van der Waals surface area contributed by atoms with Crippen molar-refractivity contribution in [3.8, 4) is 5.82 Å². The normalized spacial score (nSPS) is 11.2. The van der Waals surface area contributed by atoms with E-state index in [0.717, 1.165) is 0 Å². The summed E-state index contributed by atoms with van der Waals surface area (Å²) in [5.74, 6) is -1.06. The molecule has 0 saturated carbocycles. The van der Waals surface area contributed by atoms with Crippen molar-refractivity contribution in [1.82, 2.24) is 29.4 Å². The summed E-state index contributed by atoms with van der Waals surface area (Å²) in [6.07, 6.45) is 2.83. The third-order valence-corrected chi connectivity index (χ3v) is 4.62. The van der Waals surface area contributed by atoms with Gasteiger partial charge in [-0.25, -0.2) is 19.1 Å². The van der Waals surface area contributed by atoms with Gasteiger partial charge in [0.1, 0.15) is 11.1 Å². The van der Waals surface area contributed by atoms with Crippen molar-refractivity contribution < 1.29 is 19.1 Å². The molecule has 0 spiro atoms. The second kappa shape index (κ2) is 6.55. The Balaban J connectivity index is 2.00. The van der Waals surface area contributed by atoms with E-state index < -0.39 is 17.5 Å². The molecule has 11 heteroatoms. The number of carbonyl (C=O) groups is 2. The van der Waals surface area contributed by atoms with Crippen LogP contribution in [0.2, 0.25) is 0 Å². The van der Waals surface area contributed by atoms with Crippen molar-refractivity contribution in [2.75, 3.05) is 14.2 Å². The minimum Gasteiger partial charge on any atom is -0.465 e. The summed E-state index contributed by atoms with van der Waals surface area (Å²) in [7, 11) is 2.52. The molecule has 4 heterocycles. The Morgan fingerprint density at radius 3 is 2.48 bits per heavy atom. The first-order valence-electron chi connectivity index (χ1n) is 8.50. The topological polar surface area (TPSA) is 133 Å². The van der Waals surface area contributed by atoms with Crippen molar-refractivity contribution in [2.24, 2.45) is 0 Å². The minimum atomic E-state index is -0.614. The fourth-order valence-electron chi connectivity index (χ4n) is 3.22. The van der Waals surface area contributed by atoms with Gasteiger partial charge >= 0.3 is 11.9 Å². The van der Waals surface area contributed by atoms with E-state index in [1.807, 2.05) is 0 Å². The van der Waals surface area contributed by atoms with Gasteiger partial charge in [0.2, 0.25) is 0 Å². The lowest BCUT2D eigenvalue weighted by Crippen LogP contribution is -2.21. The largest absolute Gasteiger partial charge is 0.465 e. The van der Waals surface area contributed by atoms with Crippen molar-refractivity contribution in [2.45, 2.75) is 13.8 Å². The molecule has 4 aromatic heterocycles. The van der Waals surface area contributed by atoms with Crippen LogP contribution in [0.3, 0.4) is 0 Å². The van der Waals surface area contributed by atoms with Crippen LogP contribution < -0.4 is 5.56 Å². The number of rotatable bonds is 3. The molecule has 0 aromatic carbocycles. The molecule has 0 bridgehead atoms. The van der Waals surface area contributed by atoms with E-state index in [9.17, 15) is 14.4 Å². The number of hydrogen-bond donors (Lipinski definition) is 1. The zero-order chi connectivity index (χ0) is 20.9. The molecule has 0 fully saturated rings. The number of fused-ring (bicyclic) bond motifs is 3. The van der Waals surface area contributed by atoms with Gasteiger partial charge in [0.15, 0.2) is 11.5 Å². The van der Waals surface area contributed by atoms with Gasteiger partial charge in [-0.1, -0.05) is 0 Å². The van der Waals surface area contributed by atoms with E-state index in [1.54, 1.807) is 19.9 Å². The Morgan fingerprint density at radius 2 is 1.79 bits per heavy atom. The average Bonchev–Trinajstić information content (AvgIpc) is 3.26. The maximum Gasteiger partial charge on any atom is 0.343 e. The first kappa shape index (κ1) is 18.3. The highest BCUT2D eigenvalue weighted by atomic mass is 16.5. The maximum atomic E-state index is 13.1. The number of aromatic amines is 1. The number of esters is 2. The molecule has 0 aliphatic rings. The Hall–Kier alpha value is -4.02. The van der Waals surface area contributed by atoms with Crippen molar-refractivity contribution in [1.29, 1.82) is 0 Å². The number of nitrogens with zero attached hydrogens (tertiary/aromatic N) is 5. The number of pyridine rings is 1. The van der Waals surface area contributed by atoms with E-state index in [4.69, 9.17) is 9.47 Å². The van der Waals surface area contributed by atoms with Crippen LogP contribution in [-0.4, -0.2) is 55.5 Å². The summed E-state index contributed by atoms with van der Waals surface area (Å²) < 4.78 is 12.2. The van der Waals surface area contributed by atoms with Crippen LogP contribution in [0, 0.1) is 13.8 Å². The third kappa shape index (κ3) is 2.58. The quantitative estimate of drug-likeness (QED) is 0.506. The summed E-state index contributed by atoms with van der Waals surface area (Å²) in [6, 6.07) is 1.63. The summed E-state index contributed by atoms with van der Waals surface area (Å²) in [5, 5.41) is 11.3. The lowest BCUT2D eigenvalue weighted by Gasteiger charge is -2.07. The van der Waals surface area contributed by atoms with E-state index in [1.165, 1.54) is 35.7 Å². The highest BCUT2D eigenvalue weighted by Gasteiger charge is 2.24. The number of aromatic nitrogens is 6. The van der Waals surface area contributed by atoms with Gasteiger partial charge in [0.25, 0.3) is 5.56 Å². The van der Waals surface area contributed by atoms with Gasteiger partial charge in [-0.15, -0.1) is 0 Å². The molecule has 1 N–H and O–H groups in total. The van der Waals surface area contributed by atoms with Gasteiger partial charge in [-0.2, -0.15) is 10.2 Å². The predicted molar refractivity (Wildman–Crippen MR) is 100 cm³/mol. The van der Waals surface area contributed by atoms with Crippen LogP contribution in [0.15, 0.2) is 23.3 Å². The van der Waals surface area contributed by atoms with Crippen LogP contribution >= 0.6 is 0 Å². The number of ether oxygens (including phenoxy) is 2. The molecule has 29 heavy (non-hydrogen) atoms. The minimum absolute atomic E-state index is 0.119. The molecule has 0 atom stereocenters. The molecule has 0 radical (unpaired) electrons. The molecular formula is C18H16N6O5. The summed E-state index contributed by atoms with van der Waals surface area (Å²) in [4.78, 5) is 41.5. The maximum absolute atomic E-state index is 13.1. The van der Waals surface area contributed by atoms with Gasteiger partial charge in [0.05, 0.1) is 30.8 Å². The molecule has 0 saturated heterocycles. The number of nitrogens with one attached hydrogen (secondary N) is 1. The Bertz CT molecular complexity index is 1360. The first-order chi connectivity index (χ1) is 13.9. The molecule has 11 nitrogen and oxygen atoms in total. The number of hydrogen-bond acceptors (Lipinski definition) is 8. The third-order valence-electron chi connectivity index (χ3n) is 4.62. The smallest absolute Gasteiger partial charge is 0.343 e. The monoisotopic (exact) mass is 396 g/mol. The molecule has 0 aliphatic carbocycles. The van der Waals surface area contributed by atoms with Gasteiger partial charge in [0, 0.05) is 18.1 Å². The summed E-state index contributed by atoms with van der Waals surface area (Å²) in [6.45, 7) is 3.31. The van der Waals surface area contributed by atoms with E-state index >= 15 is 0 Å². The zero-order valence-electron chi connectivity index (χ0n) is 16.0. The highest BCUT2D eigenvalue weighted by molar-refractivity contribution is 5.98. The number of methoxy groups -OCH3 is 2. The van der Waals surface area contributed by atoms with E-state index in [2.05, 4.69) is 20.3 Å². The first-order valence-corrected chi connectivity index (χ1v) is 8.50.